The van der Waals surface area contributed by atoms with Gasteiger partial charge in [-0.2, -0.15) is 0 Å². The van der Waals surface area contributed by atoms with Crippen molar-refractivity contribution in [1.29, 1.82) is 0 Å². The fraction of sp³-hybridized carbons (Fsp3) is 0.130. The van der Waals surface area contributed by atoms with Gasteiger partial charge in [-0.25, -0.2) is 0 Å². The van der Waals surface area contributed by atoms with E-state index in [2.05, 4.69) is 16.2 Å². The van der Waals surface area contributed by atoms with Gasteiger partial charge in [0.1, 0.15) is 5.75 Å². The van der Waals surface area contributed by atoms with Gasteiger partial charge in [-0.15, -0.1) is 0 Å². The number of hydrazine groups is 1. The Bertz CT molecular complexity index is 892. The van der Waals surface area contributed by atoms with E-state index in [4.69, 9.17) is 17.0 Å². The molecule has 0 saturated carbocycles. The molecule has 0 aliphatic carbocycles. The normalized spacial score (nSPS) is 10.3. The van der Waals surface area contributed by atoms with Crippen LogP contribution in [-0.2, 0) is 11.3 Å². The van der Waals surface area contributed by atoms with Crippen molar-refractivity contribution in [2.75, 3.05) is 7.11 Å². The van der Waals surface area contributed by atoms with E-state index in [-0.39, 0.29) is 5.91 Å². The maximum atomic E-state index is 12.9. The molecule has 5 nitrogen and oxygen atoms in total. The van der Waals surface area contributed by atoms with Crippen LogP contribution in [0.15, 0.2) is 84.9 Å². The van der Waals surface area contributed by atoms with E-state index >= 15 is 0 Å². The number of carbonyl (C=O) groups excluding carboxylic acids is 1. The first kappa shape index (κ1) is 20.4. The quantitative estimate of drug-likeness (QED) is 0.433. The summed E-state index contributed by atoms with van der Waals surface area (Å²) in [5.74, 6) is 0.180. The number of rotatable bonds is 6. The number of benzene rings is 3. The van der Waals surface area contributed by atoms with Crippen molar-refractivity contribution in [3.05, 3.63) is 102 Å². The highest BCUT2D eigenvalue weighted by atomic mass is 32.1. The Labute approximate surface area is 176 Å². The Hall–Kier alpha value is -3.38. The van der Waals surface area contributed by atoms with Gasteiger partial charge in [-0.05, 0) is 41.0 Å². The summed E-state index contributed by atoms with van der Waals surface area (Å²) in [6, 6.07) is 27.0. The molecule has 0 fully saturated rings. The zero-order valence-electron chi connectivity index (χ0n) is 16.1. The summed E-state index contributed by atoms with van der Waals surface area (Å²) < 4.78 is 5.15. The molecule has 0 saturated heterocycles. The zero-order chi connectivity index (χ0) is 20.5. The number of methoxy groups -OCH3 is 1. The average molecular weight is 406 g/mol. The molecule has 0 bridgehead atoms. The molecule has 3 aromatic rings. The van der Waals surface area contributed by atoms with Crippen molar-refractivity contribution in [2.24, 2.45) is 0 Å². The smallest absolute Gasteiger partial charge is 0.250 e. The first-order valence-electron chi connectivity index (χ1n) is 9.24. The molecular formula is C23H23N3O2S. The highest BCUT2D eigenvalue weighted by molar-refractivity contribution is 7.80. The van der Waals surface area contributed by atoms with E-state index < -0.39 is 5.92 Å². The molecule has 0 aromatic heterocycles. The van der Waals surface area contributed by atoms with Crippen LogP contribution in [0.1, 0.15) is 22.6 Å². The number of thiocarbonyl (C=S) groups is 1. The lowest BCUT2D eigenvalue weighted by atomic mass is 9.91. The van der Waals surface area contributed by atoms with E-state index in [1.165, 1.54) is 0 Å². The van der Waals surface area contributed by atoms with Crippen LogP contribution < -0.4 is 20.9 Å². The van der Waals surface area contributed by atoms with Crippen LogP contribution in [0.5, 0.6) is 5.75 Å². The number of hydrogen-bond acceptors (Lipinski definition) is 3. The molecular weight excluding hydrogens is 382 g/mol. The minimum Gasteiger partial charge on any atom is -0.497 e. The zero-order valence-corrected chi connectivity index (χ0v) is 16.9. The Morgan fingerprint density at radius 1 is 0.862 bits per heavy atom. The van der Waals surface area contributed by atoms with Gasteiger partial charge in [0.15, 0.2) is 5.11 Å². The second kappa shape index (κ2) is 10.2. The monoisotopic (exact) mass is 405 g/mol. The molecule has 6 heteroatoms. The Balaban J connectivity index is 1.58. The highest BCUT2D eigenvalue weighted by Crippen LogP contribution is 2.24. The van der Waals surface area contributed by atoms with Crippen LogP contribution in [-0.4, -0.2) is 18.1 Å². The predicted molar refractivity (Wildman–Crippen MR) is 118 cm³/mol. The number of nitrogens with one attached hydrogen (secondary N) is 3. The number of amides is 1. The van der Waals surface area contributed by atoms with Gasteiger partial charge >= 0.3 is 0 Å². The second-order valence-electron chi connectivity index (χ2n) is 6.40. The van der Waals surface area contributed by atoms with Crippen molar-refractivity contribution in [3.63, 3.8) is 0 Å². The minimum atomic E-state index is -0.436. The molecule has 0 heterocycles. The van der Waals surface area contributed by atoms with Crippen LogP contribution in [0.25, 0.3) is 0 Å². The Kier molecular flexibility index (Phi) is 7.19. The van der Waals surface area contributed by atoms with Gasteiger partial charge in [-0.3, -0.25) is 15.6 Å². The van der Waals surface area contributed by atoms with E-state index in [0.717, 1.165) is 22.4 Å². The van der Waals surface area contributed by atoms with Gasteiger partial charge in [0.05, 0.1) is 13.0 Å². The molecule has 148 valence electrons. The summed E-state index contributed by atoms with van der Waals surface area (Å²) in [5, 5.41) is 3.42. The maximum absolute atomic E-state index is 12.9. The van der Waals surface area contributed by atoms with E-state index in [1.807, 2.05) is 84.9 Å². The molecule has 29 heavy (non-hydrogen) atoms. The Morgan fingerprint density at radius 2 is 1.41 bits per heavy atom. The van der Waals surface area contributed by atoms with Crippen molar-refractivity contribution in [3.8, 4) is 5.75 Å². The van der Waals surface area contributed by atoms with E-state index in [9.17, 15) is 4.79 Å². The van der Waals surface area contributed by atoms with E-state index in [1.54, 1.807) is 7.11 Å². The molecule has 3 N–H and O–H groups in total. The summed E-state index contributed by atoms with van der Waals surface area (Å²) in [6.07, 6.45) is 0. The van der Waals surface area contributed by atoms with Gasteiger partial charge in [0.25, 0.3) is 0 Å². The largest absolute Gasteiger partial charge is 0.497 e. The minimum absolute atomic E-state index is 0.184. The number of carbonyl (C=O) groups is 1. The van der Waals surface area contributed by atoms with Crippen LogP contribution in [0, 0.1) is 0 Å². The van der Waals surface area contributed by atoms with Crippen molar-refractivity contribution >= 4 is 23.2 Å². The first-order chi connectivity index (χ1) is 14.2. The van der Waals surface area contributed by atoms with Gasteiger partial charge in [-0.1, -0.05) is 72.8 Å². The molecule has 3 aromatic carbocycles. The third kappa shape index (κ3) is 5.80. The van der Waals surface area contributed by atoms with Crippen molar-refractivity contribution in [2.45, 2.75) is 12.5 Å². The third-order valence-electron chi connectivity index (χ3n) is 4.44. The summed E-state index contributed by atoms with van der Waals surface area (Å²) >= 11 is 5.28. The standard InChI is InChI=1S/C23H23N3O2S/c1-28-20-14-12-17(13-15-20)16-24-23(29)26-25-22(27)21(18-8-4-2-5-9-18)19-10-6-3-7-11-19/h2-15,21H,16H2,1H3,(H,25,27)(H2,24,26,29). The van der Waals surface area contributed by atoms with Crippen LogP contribution in [0.4, 0.5) is 0 Å². The van der Waals surface area contributed by atoms with Gasteiger partial charge < -0.3 is 10.1 Å². The topological polar surface area (TPSA) is 62.4 Å². The van der Waals surface area contributed by atoms with Crippen molar-refractivity contribution < 1.29 is 9.53 Å². The van der Waals surface area contributed by atoms with Crippen LogP contribution in [0.3, 0.4) is 0 Å². The lowest BCUT2D eigenvalue weighted by Gasteiger charge is -2.19. The molecule has 0 atom stereocenters. The molecule has 1 amide bonds. The van der Waals surface area contributed by atoms with Crippen molar-refractivity contribution in [1.82, 2.24) is 16.2 Å². The summed E-state index contributed by atoms with van der Waals surface area (Å²) in [4.78, 5) is 12.9. The average Bonchev–Trinajstić information content (AvgIpc) is 2.78. The molecule has 0 aliphatic rings. The first-order valence-corrected chi connectivity index (χ1v) is 9.64. The number of ether oxygens (including phenoxy) is 1. The second-order valence-corrected chi connectivity index (χ2v) is 6.81. The summed E-state index contributed by atoms with van der Waals surface area (Å²) in [5.41, 5.74) is 8.39. The van der Waals surface area contributed by atoms with Crippen LogP contribution in [0.2, 0.25) is 0 Å². The van der Waals surface area contributed by atoms with Gasteiger partial charge in [0, 0.05) is 6.54 Å². The third-order valence-corrected chi connectivity index (χ3v) is 4.69. The molecule has 0 spiro atoms. The number of hydrogen-bond donors (Lipinski definition) is 3. The lowest BCUT2D eigenvalue weighted by molar-refractivity contribution is -0.122. The molecule has 0 radical (unpaired) electrons. The predicted octanol–water partition coefficient (Wildman–Crippen LogP) is 3.52. The summed E-state index contributed by atoms with van der Waals surface area (Å²) in [7, 11) is 1.63. The van der Waals surface area contributed by atoms with Crippen LogP contribution >= 0.6 is 12.2 Å². The summed E-state index contributed by atoms with van der Waals surface area (Å²) in [6.45, 7) is 0.534. The molecule has 0 unspecified atom stereocenters. The fourth-order valence-corrected chi connectivity index (χ4v) is 3.07. The fourth-order valence-electron chi connectivity index (χ4n) is 2.95. The molecule has 0 aliphatic heterocycles. The van der Waals surface area contributed by atoms with E-state index in [0.29, 0.717) is 11.7 Å². The SMILES string of the molecule is COc1ccc(CNC(=S)NNC(=O)C(c2ccccc2)c2ccccc2)cc1. The maximum Gasteiger partial charge on any atom is 0.250 e. The highest BCUT2D eigenvalue weighted by Gasteiger charge is 2.22. The Morgan fingerprint density at radius 3 is 1.93 bits per heavy atom. The lowest BCUT2D eigenvalue weighted by Crippen LogP contribution is -2.48. The van der Waals surface area contributed by atoms with Gasteiger partial charge in [0.2, 0.25) is 5.91 Å². The molecule has 3 rings (SSSR count).